The van der Waals surface area contributed by atoms with Crippen molar-refractivity contribution in [3.8, 4) is 5.69 Å². The minimum Gasteiger partial charge on any atom is -0.395 e. The maximum atomic E-state index is 12.1. The van der Waals surface area contributed by atoms with E-state index in [-0.39, 0.29) is 12.6 Å². The topological polar surface area (TPSA) is 70.4 Å². The smallest absolute Gasteiger partial charge is 0.317 e. The van der Waals surface area contributed by atoms with Crippen LogP contribution in [0.2, 0.25) is 0 Å². The molecule has 3 rings (SSSR count). The van der Waals surface area contributed by atoms with Crippen LogP contribution in [0, 0.1) is 0 Å². The van der Waals surface area contributed by atoms with E-state index in [1.807, 2.05) is 35.0 Å². The van der Waals surface area contributed by atoms with E-state index in [1.165, 1.54) is 0 Å². The second-order valence-corrected chi connectivity index (χ2v) is 5.44. The second kappa shape index (κ2) is 6.62. The molecule has 1 aliphatic carbocycles. The molecule has 1 heterocycles. The van der Waals surface area contributed by atoms with E-state index in [4.69, 9.17) is 5.11 Å². The van der Waals surface area contributed by atoms with Gasteiger partial charge in [0.15, 0.2) is 0 Å². The van der Waals surface area contributed by atoms with Gasteiger partial charge < -0.3 is 19.9 Å². The van der Waals surface area contributed by atoms with Gasteiger partial charge in [-0.3, -0.25) is 0 Å². The third-order valence-electron chi connectivity index (χ3n) is 3.77. The minimum absolute atomic E-state index is 0.00349. The summed E-state index contributed by atoms with van der Waals surface area (Å²) in [5, 5.41) is 12.0. The summed E-state index contributed by atoms with van der Waals surface area (Å²) >= 11 is 0. The average Bonchev–Trinajstić information content (AvgIpc) is 3.24. The van der Waals surface area contributed by atoms with E-state index in [9.17, 15) is 4.79 Å². The number of urea groups is 1. The van der Waals surface area contributed by atoms with Crippen LogP contribution >= 0.6 is 0 Å². The zero-order valence-corrected chi connectivity index (χ0v) is 12.4. The summed E-state index contributed by atoms with van der Waals surface area (Å²) in [5.41, 5.74) is 2.07. The molecule has 0 aliphatic heterocycles. The summed E-state index contributed by atoms with van der Waals surface area (Å²) in [6, 6.07) is 8.17. The van der Waals surface area contributed by atoms with E-state index >= 15 is 0 Å². The van der Waals surface area contributed by atoms with Crippen LogP contribution in [-0.2, 0) is 6.54 Å². The fourth-order valence-corrected chi connectivity index (χ4v) is 2.42. The molecule has 2 N–H and O–H groups in total. The Morgan fingerprint density at radius 3 is 2.73 bits per heavy atom. The van der Waals surface area contributed by atoms with Gasteiger partial charge in [-0.25, -0.2) is 9.78 Å². The first kappa shape index (κ1) is 14.6. The Hall–Kier alpha value is -2.34. The molecule has 1 aliphatic rings. The average molecular weight is 300 g/mol. The molecule has 0 unspecified atom stereocenters. The summed E-state index contributed by atoms with van der Waals surface area (Å²) in [4.78, 5) is 17.9. The number of aliphatic hydroxyl groups excluding tert-OH is 1. The van der Waals surface area contributed by atoms with E-state index in [0.717, 1.165) is 24.1 Å². The second-order valence-electron chi connectivity index (χ2n) is 5.44. The van der Waals surface area contributed by atoms with E-state index in [0.29, 0.717) is 19.1 Å². The molecule has 1 fully saturated rings. The van der Waals surface area contributed by atoms with Gasteiger partial charge in [0.2, 0.25) is 0 Å². The number of hydrogen-bond acceptors (Lipinski definition) is 3. The van der Waals surface area contributed by atoms with Crippen molar-refractivity contribution in [3.05, 3.63) is 48.5 Å². The number of rotatable bonds is 6. The summed E-state index contributed by atoms with van der Waals surface area (Å²) in [7, 11) is 0. The molecule has 2 amide bonds. The van der Waals surface area contributed by atoms with Crippen LogP contribution in [-0.4, -0.2) is 44.8 Å². The molecule has 22 heavy (non-hydrogen) atoms. The highest BCUT2D eigenvalue weighted by Gasteiger charge is 2.31. The molecule has 6 nitrogen and oxygen atoms in total. The Morgan fingerprint density at radius 2 is 2.14 bits per heavy atom. The van der Waals surface area contributed by atoms with Crippen LogP contribution in [0.5, 0.6) is 0 Å². The quantitative estimate of drug-likeness (QED) is 0.850. The first-order valence-corrected chi connectivity index (χ1v) is 7.50. The lowest BCUT2D eigenvalue weighted by molar-refractivity contribution is 0.173. The molecule has 0 atom stereocenters. The molecular weight excluding hydrogens is 280 g/mol. The fraction of sp³-hybridized carbons (Fsp3) is 0.375. The Morgan fingerprint density at radius 1 is 1.36 bits per heavy atom. The Labute approximate surface area is 129 Å². The molecule has 2 aromatic rings. The van der Waals surface area contributed by atoms with E-state index in [1.54, 1.807) is 17.4 Å². The molecule has 116 valence electrons. The molecule has 1 saturated carbocycles. The molecule has 0 bridgehead atoms. The van der Waals surface area contributed by atoms with Crippen molar-refractivity contribution >= 4 is 6.03 Å². The Bertz CT molecular complexity index is 606. The van der Waals surface area contributed by atoms with Crippen molar-refractivity contribution in [1.82, 2.24) is 19.8 Å². The van der Waals surface area contributed by atoms with Crippen LogP contribution in [0.3, 0.4) is 0 Å². The van der Waals surface area contributed by atoms with Crippen molar-refractivity contribution in [2.24, 2.45) is 0 Å². The number of aromatic nitrogens is 2. The van der Waals surface area contributed by atoms with E-state index < -0.39 is 0 Å². The largest absolute Gasteiger partial charge is 0.395 e. The number of benzene rings is 1. The van der Waals surface area contributed by atoms with Gasteiger partial charge in [-0.2, -0.15) is 0 Å². The number of carbonyl (C=O) groups excluding carboxylic acids is 1. The summed E-state index contributed by atoms with van der Waals surface area (Å²) in [6.07, 6.45) is 7.44. The van der Waals surface area contributed by atoms with Crippen LogP contribution in [0.25, 0.3) is 5.69 Å². The third kappa shape index (κ3) is 3.46. The molecule has 6 heteroatoms. The normalized spacial score (nSPS) is 13.9. The van der Waals surface area contributed by atoms with E-state index in [2.05, 4.69) is 10.3 Å². The number of amides is 2. The lowest BCUT2D eigenvalue weighted by atomic mass is 10.2. The van der Waals surface area contributed by atoms with Gasteiger partial charge in [-0.15, -0.1) is 0 Å². The lowest BCUT2D eigenvalue weighted by Crippen LogP contribution is -2.42. The predicted octanol–water partition coefficient (Wildman–Crippen LogP) is 1.54. The number of nitrogens with one attached hydrogen (secondary N) is 1. The van der Waals surface area contributed by atoms with Crippen LogP contribution in [0.1, 0.15) is 18.4 Å². The maximum absolute atomic E-state index is 12.1. The molecule has 1 aromatic carbocycles. The van der Waals surface area contributed by atoms with Gasteiger partial charge in [-0.1, -0.05) is 12.1 Å². The summed E-state index contributed by atoms with van der Waals surface area (Å²) in [5.74, 6) is 0. The molecule has 0 spiro atoms. The number of carbonyl (C=O) groups is 1. The number of hydrogen-bond donors (Lipinski definition) is 2. The lowest BCUT2D eigenvalue weighted by Gasteiger charge is -2.21. The Balaban J connectivity index is 1.55. The predicted molar refractivity (Wildman–Crippen MR) is 82.6 cm³/mol. The van der Waals surface area contributed by atoms with Crippen molar-refractivity contribution < 1.29 is 9.90 Å². The van der Waals surface area contributed by atoms with Crippen molar-refractivity contribution in [2.45, 2.75) is 25.4 Å². The molecule has 0 radical (unpaired) electrons. The van der Waals surface area contributed by atoms with Crippen LogP contribution in [0.4, 0.5) is 4.79 Å². The highest BCUT2D eigenvalue weighted by Crippen LogP contribution is 2.26. The molecule has 0 saturated heterocycles. The standard InChI is InChI=1S/C16H20N4O2/c21-10-9-20(15-5-6-15)16(22)18-11-13-1-3-14(4-2-13)19-8-7-17-12-19/h1-4,7-8,12,15,21H,5-6,9-11H2,(H,18,22). The van der Waals surface area contributed by atoms with Crippen molar-refractivity contribution in [2.75, 3.05) is 13.2 Å². The number of nitrogens with zero attached hydrogens (tertiary/aromatic N) is 3. The Kier molecular flexibility index (Phi) is 4.39. The third-order valence-corrected chi connectivity index (χ3v) is 3.77. The molecule has 1 aromatic heterocycles. The van der Waals surface area contributed by atoms with Crippen molar-refractivity contribution in [3.63, 3.8) is 0 Å². The number of aliphatic hydroxyl groups is 1. The SMILES string of the molecule is O=C(NCc1ccc(-n2ccnc2)cc1)N(CCO)C1CC1. The van der Waals surface area contributed by atoms with Gasteiger partial charge in [0, 0.05) is 37.2 Å². The monoisotopic (exact) mass is 300 g/mol. The zero-order valence-electron chi connectivity index (χ0n) is 12.4. The fourth-order valence-electron chi connectivity index (χ4n) is 2.42. The zero-order chi connectivity index (χ0) is 15.4. The first-order chi connectivity index (χ1) is 10.8. The van der Waals surface area contributed by atoms with Gasteiger partial charge >= 0.3 is 6.03 Å². The van der Waals surface area contributed by atoms with Gasteiger partial charge in [0.25, 0.3) is 0 Å². The van der Waals surface area contributed by atoms with Gasteiger partial charge in [-0.05, 0) is 30.5 Å². The van der Waals surface area contributed by atoms with Crippen molar-refractivity contribution in [1.29, 1.82) is 0 Å². The summed E-state index contributed by atoms with van der Waals surface area (Å²) < 4.78 is 1.93. The van der Waals surface area contributed by atoms with Crippen LogP contribution in [0.15, 0.2) is 43.0 Å². The number of imidazole rings is 1. The highest BCUT2D eigenvalue weighted by molar-refractivity contribution is 5.74. The molecular formula is C16H20N4O2. The first-order valence-electron chi connectivity index (χ1n) is 7.50. The van der Waals surface area contributed by atoms with Gasteiger partial charge in [0.1, 0.15) is 0 Å². The summed E-state index contributed by atoms with van der Waals surface area (Å²) in [6.45, 7) is 0.886. The minimum atomic E-state index is -0.102. The highest BCUT2D eigenvalue weighted by atomic mass is 16.3. The van der Waals surface area contributed by atoms with Gasteiger partial charge in [0.05, 0.1) is 12.9 Å². The maximum Gasteiger partial charge on any atom is 0.317 e. The van der Waals surface area contributed by atoms with Crippen LogP contribution < -0.4 is 5.32 Å².